The van der Waals surface area contributed by atoms with Crippen molar-refractivity contribution in [1.29, 1.82) is 0 Å². The Hall–Kier alpha value is -4.12. The van der Waals surface area contributed by atoms with Crippen LogP contribution in [0.2, 0.25) is 0 Å². The fourth-order valence-corrected chi connectivity index (χ4v) is 7.05. The van der Waals surface area contributed by atoms with Gasteiger partial charge < -0.3 is 4.98 Å². The van der Waals surface area contributed by atoms with E-state index < -0.39 is 43.1 Å². The Bertz CT molecular complexity index is 1800. The molecule has 1 fully saturated rings. The highest BCUT2D eigenvalue weighted by atomic mass is 32.2. The molecule has 10 nitrogen and oxygen atoms in total. The Kier molecular flexibility index (Phi) is 6.47. The predicted octanol–water partition coefficient (Wildman–Crippen LogP) is 3.41. The number of nitrogens with one attached hydrogen (secondary N) is 3. The van der Waals surface area contributed by atoms with Crippen LogP contribution in [0.25, 0.3) is 15.9 Å². The molecule has 1 aromatic heterocycles. The Morgan fingerprint density at radius 3 is 2.61 bits per heavy atom. The first-order valence-electron chi connectivity index (χ1n) is 11.3. The van der Waals surface area contributed by atoms with Crippen LogP contribution >= 0.6 is 0 Å². The second-order valence-electron chi connectivity index (χ2n) is 8.74. The van der Waals surface area contributed by atoms with Crippen molar-refractivity contribution in [3.63, 3.8) is 0 Å². The number of carbonyl (C=O) groups is 1. The van der Waals surface area contributed by atoms with Gasteiger partial charge >= 0.3 is 0 Å². The summed E-state index contributed by atoms with van der Waals surface area (Å²) in [5, 5.41) is -1.19. The minimum absolute atomic E-state index is 0.0314. The fraction of sp³-hybridized carbons (Fsp3) is 0.160. The molecule has 0 spiro atoms. The van der Waals surface area contributed by atoms with Crippen LogP contribution in [0, 0.1) is 12.4 Å². The van der Waals surface area contributed by atoms with Gasteiger partial charge in [0, 0.05) is 6.42 Å². The van der Waals surface area contributed by atoms with Crippen molar-refractivity contribution < 1.29 is 26.0 Å². The number of aromatic nitrogens is 2. The molecule has 3 N–H and O–H groups in total. The first kappa shape index (κ1) is 25.5. The molecule has 194 valence electrons. The number of aromatic amines is 1. The third kappa shape index (κ3) is 5.01. The van der Waals surface area contributed by atoms with E-state index in [0.29, 0.717) is 22.4 Å². The summed E-state index contributed by atoms with van der Waals surface area (Å²) in [5.74, 6) is -1.06. The molecule has 3 aromatic carbocycles. The first-order valence-corrected chi connectivity index (χ1v) is 14.4. The predicted molar refractivity (Wildman–Crippen MR) is 136 cm³/mol. The van der Waals surface area contributed by atoms with Crippen LogP contribution in [0.1, 0.15) is 34.7 Å². The standard InChI is InChI=1S/C25H20FN5O5S2/c1-27-21-11-15(9-10-18(21)23-14-24(32)31-38(23,35)36)12-22(25-28-19-7-2-3-8-20(19)29-25)30-37(33,34)17-6-4-5-16(26)13-17/h2-11,13,22-23,30H,12,14H2,(H,28,29)(H,31,32)/t22-,23?/m0/s1. The maximum absolute atomic E-state index is 13.8. The van der Waals surface area contributed by atoms with Crippen molar-refractivity contribution in [2.75, 3.05) is 0 Å². The summed E-state index contributed by atoms with van der Waals surface area (Å²) < 4.78 is 69.3. The van der Waals surface area contributed by atoms with Gasteiger partial charge in [-0.05, 0) is 42.3 Å². The monoisotopic (exact) mass is 553 g/mol. The first-order chi connectivity index (χ1) is 18.1. The maximum Gasteiger partial charge on any atom is 0.241 e. The van der Waals surface area contributed by atoms with E-state index in [9.17, 15) is 26.0 Å². The Balaban J connectivity index is 1.52. The number of H-pyrrole nitrogens is 1. The molecule has 0 bridgehead atoms. The Morgan fingerprint density at radius 2 is 1.92 bits per heavy atom. The number of hydrogen-bond acceptors (Lipinski definition) is 6. The van der Waals surface area contributed by atoms with Gasteiger partial charge in [0.1, 0.15) is 16.9 Å². The zero-order chi connectivity index (χ0) is 27.1. The summed E-state index contributed by atoms with van der Waals surface area (Å²) in [5.41, 5.74) is 2.02. The van der Waals surface area contributed by atoms with Crippen molar-refractivity contribution in [1.82, 2.24) is 19.4 Å². The average molecular weight is 554 g/mol. The lowest BCUT2D eigenvalue weighted by Crippen LogP contribution is -2.31. The Labute approximate surface area is 217 Å². The number of halogens is 1. The van der Waals surface area contributed by atoms with Crippen molar-refractivity contribution in [3.8, 4) is 0 Å². The van der Waals surface area contributed by atoms with Gasteiger partial charge in [-0.2, -0.15) is 0 Å². The van der Waals surface area contributed by atoms with Crippen molar-refractivity contribution in [3.05, 3.63) is 101 Å². The molecule has 1 aliphatic rings. The van der Waals surface area contributed by atoms with Crippen LogP contribution in [0.5, 0.6) is 0 Å². The number of nitrogens with zero attached hydrogens (tertiary/aromatic N) is 2. The average Bonchev–Trinajstić information content (AvgIpc) is 3.42. The number of benzene rings is 3. The third-order valence-electron chi connectivity index (χ3n) is 6.15. The van der Waals surface area contributed by atoms with Gasteiger partial charge in [-0.15, -0.1) is 0 Å². The number of hydrogen-bond donors (Lipinski definition) is 3. The number of para-hydroxylation sites is 2. The van der Waals surface area contributed by atoms with Crippen LogP contribution in [-0.2, 0) is 31.3 Å². The van der Waals surface area contributed by atoms with E-state index in [1.807, 2.05) is 4.72 Å². The molecule has 2 heterocycles. The Morgan fingerprint density at radius 1 is 1.13 bits per heavy atom. The zero-order valence-electron chi connectivity index (χ0n) is 19.5. The van der Waals surface area contributed by atoms with Crippen LogP contribution in [0.3, 0.4) is 0 Å². The number of fused-ring (bicyclic) bond motifs is 1. The summed E-state index contributed by atoms with van der Waals surface area (Å²) in [6.07, 6.45) is -0.259. The molecule has 0 aliphatic carbocycles. The van der Waals surface area contributed by atoms with Gasteiger partial charge in [0.05, 0.1) is 28.5 Å². The molecular weight excluding hydrogens is 533 g/mol. The molecule has 1 aliphatic heterocycles. The second-order valence-corrected chi connectivity index (χ2v) is 12.3. The number of imidazole rings is 1. The third-order valence-corrected chi connectivity index (χ3v) is 9.30. The molecular formula is C25H20FN5O5S2. The lowest BCUT2D eigenvalue weighted by atomic mass is 10.00. The number of amides is 1. The van der Waals surface area contributed by atoms with Gasteiger partial charge in [-0.25, -0.2) is 35.8 Å². The van der Waals surface area contributed by atoms with Gasteiger partial charge in [0.15, 0.2) is 5.69 Å². The smallest absolute Gasteiger partial charge is 0.241 e. The largest absolute Gasteiger partial charge is 0.341 e. The minimum atomic E-state index is -4.18. The molecule has 38 heavy (non-hydrogen) atoms. The van der Waals surface area contributed by atoms with E-state index in [1.165, 1.54) is 24.3 Å². The molecule has 1 unspecified atom stereocenters. The quantitative estimate of drug-likeness (QED) is 0.300. The van der Waals surface area contributed by atoms with Crippen molar-refractivity contribution in [2.45, 2.75) is 29.0 Å². The SMILES string of the molecule is [C-]#[N+]c1cc(C[C@H](NS(=O)(=O)c2cccc(F)c2)c2nc3ccccc3[nH]2)ccc1C1CC(=O)NS1(=O)=O. The number of rotatable bonds is 7. The molecule has 1 amide bonds. The van der Waals surface area contributed by atoms with Crippen LogP contribution in [0.15, 0.2) is 71.6 Å². The summed E-state index contributed by atoms with van der Waals surface area (Å²) in [6.45, 7) is 7.58. The topological polar surface area (TPSA) is 142 Å². The molecule has 2 atom stereocenters. The second kappa shape index (κ2) is 9.64. The summed E-state index contributed by atoms with van der Waals surface area (Å²) in [4.78, 5) is 22.5. The van der Waals surface area contributed by atoms with Crippen LogP contribution < -0.4 is 9.44 Å². The van der Waals surface area contributed by atoms with E-state index >= 15 is 0 Å². The molecule has 5 rings (SSSR count). The minimum Gasteiger partial charge on any atom is -0.341 e. The maximum atomic E-state index is 13.8. The van der Waals surface area contributed by atoms with Gasteiger partial charge in [-0.1, -0.05) is 42.0 Å². The lowest BCUT2D eigenvalue weighted by molar-refractivity contribution is -0.118. The highest BCUT2D eigenvalue weighted by Crippen LogP contribution is 2.37. The van der Waals surface area contributed by atoms with Gasteiger partial charge in [0.25, 0.3) is 0 Å². The summed E-state index contributed by atoms with van der Waals surface area (Å²) in [6, 6.07) is 15.3. The zero-order valence-corrected chi connectivity index (χ0v) is 21.2. The van der Waals surface area contributed by atoms with Crippen LogP contribution in [-0.4, -0.2) is 32.7 Å². The molecule has 1 saturated heterocycles. The van der Waals surface area contributed by atoms with E-state index in [-0.39, 0.29) is 29.0 Å². The highest BCUT2D eigenvalue weighted by molar-refractivity contribution is 7.90. The summed E-state index contributed by atoms with van der Waals surface area (Å²) in [7, 11) is -8.14. The van der Waals surface area contributed by atoms with Crippen LogP contribution in [0.4, 0.5) is 10.1 Å². The molecule has 4 aromatic rings. The molecule has 13 heteroatoms. The molecule has 0 radical (unpaired) electrons. The van der Waals surface area contributed by atoms with Gasteiger partial charge in [-0.3, -0.25) is 9.52 Å². The van der Waals surface area contributed by atoms with Gasteiger partial charge in [0.2, 0.25) is 26.0 Å². The van der Waals surface area contributed by atoms with E-state index in [2.05, 4.69) is 19.5 Å². The van der Waals surface area contributed by atoms with E-state index in [0.717, 1.165) is 12.1 Å². The number of sulfonamides is 2. The molecule has 0 saturated carbocycles. The van der Waals surface area contributed by atoms with E-state index in [4.69, 9.17) is 6.57 Å². The van der Waals surface area contributed by atoms with E-state index in [1.54, 1.807) is 30.3 Å². The fourth-order valence-electron chi connectivity index (χ4n) is 4.37. The lowest BCUT2D eigenvalue weighted by Gasteiger charge is -2.18. The normalized spacial score (nSPS) is 17.7. The highest BCUT2D eigenvalue weighted by Gasteiger charge is 2.39. The van der Waals surface area contributed by atoms with Crippen molar-refractivity contribution in [2.24, 2.45) is 0 Å². The summed E-state index contributed by atoms with van der Waals surface area (Å²) >= 11 is 0. The number of carbonyl (C=O) groups excluding carboxylic acids is 1. The van der Waals surface area contributed by atoms with Crippen molar-refractivity contribution >= 4 is 42.7 Å².